The van der Waals surface area contributed by atoms with E-state index in [4.69, 9.17) is 0 Å². The van der Waals surface area contributed by atoms with Crippen molar-refractivity contribution < 1.29 is 0 Å². The summed E-state index contributed by atoms with van der Waals surface area (Å²) in [6.45, 7) is 0. The molecule has 0 aliphatic carbocycles. The lowest BCUT2D eigenvalue weighted by Crippen LogP contribution is -2.09. The van der Waals surface area contributed by atoms with Crippen LogP contribution in [0.2, 0.25) is 0 Å². The van der Waals surface area contributed by atoms with Crippen LogP contribution in [0.4, 0.5) is 17.1 Å². The zero-order valence-electron chi connectivity index (χ0n) is 25.4. The summed E-state index contributed by atoms with van der Waals surface area (Å²) in [6, 6.07) is 64.8. The van der Waals surface area contributed by atoms with Crippen LogP contribution in [0.5, 0.6) is 0 Å². The number of para-hydroxylation sites is 2. The molecule has 46 heavy (non-hydrogen) atoms. The van der Waals surface area contributed by atoms with Gasteiger partial charge in [-0.05, 0) is 89.0 Å². The summed E-state index contributed by atoms with van der Waals surface area (Å²) in [7, 11) is 0. The minimum Gasteiger partial charge on any atom is -0.310 e. The van der Waals surface area contributed by atoms with Gasteiger partial charge in [-0.2, -0.15) is 0 Å². The van der Waals surface area contributed by atoms with Crippen molar-refractivity contribution in [3.05, 3.63) is 193 Å². The van der Waals surface area contributed by atoms with E-state index in [1.165, 1.54) is 38.5 Å². The summed E-state index contributed by atoms with van der Waals surface area (Å²) in [5, 5.41) is 2.45. The van der Waals surface area contributed by atoms with Crippen LogP contribution in [-0.4, -0.2) is 4.57 Å². The molecule has 8 rings (SSSR count). The Morgan fingerprint density at radius 2 is 0.870 bits per heavy atom. The summed E-state index contributed by atoms with van der Waals surface area (Å²) in [5.74, 6) is 0. The lowest BCUT2D eigenvalue weighted by atomic mass is 10.0. The molecular formula is C44H32N2. The maximum atomic E-state index is 2.38. The van der Waals surface area contributed by atoms with Crippen LogP contribution < -0.4 is 4.90 Å². The van der Waals surface area contributed by atoms with E-state index in [-0.39, 0.29) is 0 Å². The first-order valence-corrected chi connectivity index (χ1v) is 15.7. The molecule has 0 unspecified atom stereocenters. The van der Waals surface area contributed by atoms with Crippen LogP contribution in [0.15, 0.2) is 182 Å². The highest BCUT2D eigenvalue weighted by Gasteiger charge is 2.18. The molecule has 2 nitrogen and oxygen atoms in total. The molecule has 218 valence electrons. The number of anilines is 3. The molecule has 0 saturated heterocycles. The van der Waals surface area contributed by atoms with Gasteiger partial charge in [0.1, 0.15) is 0 Å². The van der Waals surface area contributed by atoms with E-state index in [0.29, 0.717) is 0 Å². The molecule has 0 amide bonds. The first kappa shape index (κ1) is 27.4. The van der Waals surface area contributed by atoms with Gasteiger partial charge < -0.3 is 9.47 Å². The first-order valence-electron chi connectivity index (χ1n) is 15.7. The number of rotatable bonds is 7. The summed E-state index contributed by atoms with van der Waals surface area (Å²) in [4.78, 5) is 2.34. The Morgan fingerprint density at radius 3 is 1.54 bits per heavy atom. The van der Waals surface area contributed by atoms with Crippen molar-refractivity contribution in [3.8, 4) is 16.8 Å². The Labute approximate surface area is 269 Å². The highest BCUT2D eigenvalue weighted by atomic mass is 15.1. The van der Waals surface area contributed by atoms with Gasteiger partial charge in [-0.1, -0.05) is 127 Å². The predicted octanol–water partition coefficient (Wildman–Crippen LogP) is 12.1. The Kier molecular flexibility index (Phi) is 7.22. The second-order valence-corrected chi connectivity index (χ2v) is 11.5. The van der Waals surface area contributed by atoms with Crippen LogP contribution in [0.1, 0.15) is 11.1 Å². The minimum absolute atomic E-state index is 1.11. The fraction of sp³-hybridized carbons (Fsp3) is 0. The molecule has 0 radical (unpaired) electrons. The molecule has 0 saturated carbocycles. The average Bonchev–Trinajstić information content (AvgIpc) is 3.46. The molecule has 0 atom stereocenters. The minimum atomic E-state index is 1.11. The zero-order chi connectivity index (χ0) is 30.7. The van der Waals surface area contributed by atoms with Gasteiger partial charge in [-0.25, -0.2) is 0 Å². The topological polar surface area (TPSA) is 8.17 Å². The van der Waals surface area contributed by atoms with E-state index >= 15 is 0 Å². The van der Waals surface area contributed by atoms with Crippen molar-refractivity contribution in [1.29, 1.82) is 0 Å². The number of hydrogen-bond donors (Lipinski definition) is 0. The summed E-state index contributed by atoms with van der Waals surface area (Å²) >= 11 is 0. The Balaban J connectivity index is 1.28. The number of fused-ring (bicyclic) bond motifs is 3. The molecule has 2 heteroatoms. The molecule has 1 aromatic heterocycles. The molecule has 8 aromatic rings. The van der Waals surface area contributed by atoms with E-state index < -0.39 is 0 Å². The third-order valence-corrected chi connectivity index (χ3v) is 8.56. The van der Waals surface area contributed by atoms with Crippen molar-refractivity contribution in [1.82, 2.24) is 4.57 Å². The first-order chi connectivity index (χ1) is 22.8. The van der Waals surface area contributed by atoms with Crippen LogP contribution in [0.3, 0.4) is 0 Å². The number of benzene rings is 7. The standard InChI is InChI=1S/C44H32N2/c1-5-13-33(14-6-1)21-22-34-23-26-39(27-24-34)45(37-17-9-3-10-18-37)40-28-30-44-42(32-40)41-31-36(35-15-7-2-8-16-35)25-29-43(41)46(44)38-19-11-4-12-20-38/h1-32H/b22-21+. The van der Waals surface area contributed by atoms with Gasteiger partial charge in [-0.3, -0.25) is 0 Å². The largest absolute Gasteiger partial charge is 0.310 e. The molecule has 1 heterocycles. The highest BCUT2D eigenvalue weighted by molar-refractivity contribution is 6.11. The normalized spacial score (nSPS) is 11.4. The van der Waals surface area contributed by atoms with Crippen molar-refractivity contribution in [2.45, 2.75) is 0 Å². The van der Waals surface area contributed by atoms with E-state index in [0.717, 1.165) is 28.3 Å². The summed E-state index contributed by atoms with van der Waals surface area (Å²) in [6.07, 6.45) is 4.32. The quantitative estimate of drug-likeness (QED) is 0.168. The van der Waals surface area contributed by atoms with E-state index in [1.54, 1.807) is 0 Å². The Morgan fingerprint density at radius 1 is 0.370 bits per heavy atom. The van der Waals surface area contributed by atoms with E-state index in [2.05, 4.69) is 198 Å². The molecule has 7 aromatic carbocycles. The maximum absolute atomic E-state index is 2.38. The zero-order valence-corrected chi connectivity index (χ0v) is 25.4. The van der Waals surface area contributed by atoms with Gasteiger partial charge in [0, 0.05) is 33.5 Å². The monoisotopic (exact) mass is 588 g/mol. The van der Waals surface area contributed by atoms with E-state index in [1.807, 2.05) is 6.07 Å². The SMILES string of the molecule is C(=C\c1ccc(N(c2ccccc2)c2ccc3c(c2)c2cc(-c4ccccc4)ccc2n3-c2ccccc2)cc1)/c1ccccc1. The lowest BCUT2D eigenvalue weighted by Gasteiger charge is -2.25. The second kappa shape index (κ2) is 12.1. The number of aromatic nitrogens is 1. The fourth-order valence-electron chi connectivity index (χ4n) is 6.33. The van der Waals surface area contributed by atoms with Gasteiger partial charge in [0.05, 0.1) is 11.0 Å². The van der Waals surface area contributed by atoms with Crippen LogP contribution in [0, 0.1) is 0 Å². The lowest BCUT2D eigenvalue weighted by molar-refractivity contribution is 1.18. The number of nitrogens with zero attached hydrogens (tertiary/aromatic N) is 2. The Hall–Kier alpha value is -6.12. The summed E-state index contributed by atoms with van der Waals surface area (Å²) < 4.78 is 2.38. The highest BCUT2D eigenvalue weighted by Crippen LogP contribution is 2.40. The average molecular weight is 589 g/mol. The summed E-state index contributed by atoms with van der Waals surface area (Å²) in [5.41, 5.74) is 11.7. The van der Waals surface area contributed by atoms with Gasteiger partial charge in [0.25, 0.3) is 0 Å². The molecular weight excluding hydrogens is 556 g/mol. The van der Waals surface area contributed by atoms with Gasteiger partial charge in [-0.15, -0.1) is 0 Å². The van der Waals surface area contributed by atoms with Crippen molar-refractivity contribution in [3.63, 3.8) is 0 Å². The molecule has 0 aliphatic heterocycles. The molecule has 0 fully saturated rings. The predicted molar refractivity (Wildman–Crippen MR) is 196 cm³/mol. The van der Waals surface area contributed by atoms with Gasteiger partial charge in [0.2, 0.25) is 0 Å². The fourth-order valence-corrected chi connectivity index (χ4v) is 6.33. The molecule has 0 bridgehead atoms. The van der Waals surface area contributed by atoms with E-state index in [9.17, 15) is 0 Å². The maximum Gasteiger partial charge on any atom is 0.0542 e. The van der Waals surface area contributed by atoms with Gasteiger partial charge >= 0.3 is 0 Å². The van der Waals surface area contributed by atoms with Crippen molar-refractivity contribution >= 4 is 51.0 Å². The van der Waals surface area contributed by atoms with Crippen molar-refractivity contribution in [2.24, 2.45) is 0 Å². The molecule has 0 aliphatic rings. The third-order valence-electron chi connectivity index (χ3n) is 8.56. The number of hydrogen-bond acceptors (Lipinski definition) is 1. The molecule has 0 N–H and O–H groups in total. The van der Waals surface area contributed by atoms with Crippen LogP contribution in [0.25, 0.3) is 50.8 Å². The second-order valence-electron chi connectivity index (χ2n) is 11.5. The van der Waals surface area contributed by atoms with Crippen LogP contribution >= 0.6 is 0 Å². The smallest absolute Gasteiger partial charge is 0.0542 e. The Bertz CT molecular complexity index is 2270. The van der Waals surface area contributed by atoms with Gasteiger partial charge in [0.15, 0.2) is 0 Å². The van der Waals surface area contributed by atoms with Crippen molar-refractivity contribution in [2.75, 3.05) is 4.90 Å². The van der Waals surface area contributed by atoms with Crippen LogP contribution in [-0.2, 0) is 0 Å². The third kappa shape index (κ3) is 5.27. The molecule has 0 spiro atoms.